The van der Waals surface area contributed by atoms with Gasteiger partial charge in [0.1, 0.15) is 22.5 Å². The molecule has 0 aliphatic carbocycles. The zero-order chi connectivity index (χ0) is 28.7. The number of pyridine rings is 1. The van der Waals surface area contributed by atoms with Gasteiger partial charge in [0, 0.05) is 45.4 Å². The molecule has 41 heavy (non-hydrogen) atoms. The summed E-state index contributed by atoms with van der Waals surface area (Å²) in [6, 6.07) is 9.90. The third-order valence-electron chi connectivity index (χ3n) is 7.75. The number of halogens is 2. The fraction of sp³-hybridized carbons (Fsp3) is 0.379. The van der Waals surface area contributed by atoms with Crippen LogP contribution in [0.5, 0.6) is 0 Å². The number of nitrogens with zero attached hydrogens (tertiary/aromatic N) is 7. The third-order valence-corrected chi connectivity index (χ3v) is 8.78. The van der Waals surface area contributed by atoms with E-state index in [9.17, 15) is 14.4 Å². The largest absolute Gasteiger partial charge is 0.381 e. The molecular weight excluding hydrogens is 548 g/mol. The standard InChI is InChI=1S/C29H29F2N7O2S/c1-3-22-27(35(2)29-33-26(25(15-32)41-29)18-4-6-20(30)7-5-18)24-14-23(21(31)16-38(24)34-22)36-9-11-37(12-10-36)28(39)19-8-13-40-17-19/h4-7,14,16,19H,3,8-13,17H2,1-2H3/t19-/m0/s1. The monoisotopic (exact) mass is 577 g/mol. The second-order valence-corrected chi connectivity index (χ2v) is 11.2. The number of ether oxygens (including phenoxy) is 1. The first-order chi connectivity index (χ1) is 19.9. The zero-order valence-electron chi connectivity index (χ0n) is 22.8. The average Bonchev–Trinajstić information content (AvgIpc) is 3.75. The van der Waals surface area contributed by atoms with E-state index in [0.29, 0.717) is 78.3 Å². The summed E-state index contributed by atoms with van der Waals surface area (Å²) in [4.78, 5) is 23.7. The van der Waals surface area contributed by atoms with E-state index in [-0.39, 0.29) is 23.5 Å². The van der Waals surface area contributed by atoms with Crippen molar-refractivity contribution in [2.75, 3.05) is 56.2 Å². The van der Waals surface area contributed by atoms with Gasteiger partial charge >= 0.3 is 0 Å². The molecule has 2 fully saturated rings. The van der Waals surface area contributed by atoms with Crippen LogP contribution in [0, 0.1) is 28.9 Å². The number of fused-ring (bicyclic) bond motifs is 1. The molecule has 9 nitrogen and oxygen atoms in total. The molecule has 1 aromatic carbocycles. The summed E-state index contributed by atoms with van der Waals surface area (Å²) in [6.07, 6.45) is 2.74. The molecule has 12 heteroatoms. The maximum absolute atomic E-state index is 15.4. The van der Waals surface area contributed by atoms with Crippen molar-refractivity contribution in [3.63, 3.8) is 0 Å². The summed E-state index contributed by atoms with van der Waals surface area (Å²) in [5.41, 5.74) is 3.83. The second-order valence-electron chi connectivity index (χ2n) is 10.2. The smallest absolute Gasteiger partial charge is 0.228 e. The van der Waals surface area contributed by atoms with Gasteiger partial charge in [-0.15, -0.1) is 0 Å². The highest BCUT2D eigenvalue weighted by molar-refractivity contribution is 7.16. The molecule has 2 aliphatic heterocycles. The van der Waals surface area contributed by atoms with Crippen molar-refractivity contribution < 1.29 is 18.3 Å². The van der Waals surface area contributed by atoms with E-state index >= 15 is 4.39 Å². The van der Waals surface area contributed by atoms with Crippen LogP contribution in [0.2, 0.25) is 0 Å². The van der Waals surface area contributed by atoms with Crippen LogP contribution in [-0.4, -0.2) is 71.8 Å². The number of piperazine rings is 1. The summed E-state index contributed by atoms with van der Waals surface area (Å²) in [7, 11) is 1.85. The molecule has 2 aliphatic rings. The number of nitriles is 1. The summed E-state index contributed by atoms with van der Waals surface area (Å²) in [5, 5.41) is 15.0. The van der Waals surface area contributed by atoms with Gasteiger partial charge in [0.05, 0.1) is 41.3 Å². The summed E-state index contributed by atoms with van der Waals surface area (Å²) in [6.45, 7) is 5.16. The maximum atomic E-state index is 15.4. The molecule has 0 bridgehead atoms. The third kappa shape index (κ3) is 5.00. The van der Waals surface area contributed by atoms with Gasteiger partial charge in [-0.3, -0.25) is 4.79 Å². The predicted octanol–water partition coefficient (Wildman–Crippen LogP) is 4.62. The molecule has 0 saturated carbocycles. The van der Waals surface area contributed by atoms with Gasteiger partial charge in [0.2, 0.25) is 5.91 Å². The number of benzene rings is 1. The normalized spacial score (nSPS) is 17.3. The van der Waals surface area contributed by atoms with Gasteiger partial charge in [-0.1, -0.05) is 18.3 Å². The van der Waals surface area contributed by atoms with Crippen LogP contribution in [0.25, 0.3) is 16.8 Å². The van der Waals surface area contributed by atoms with E-state index in [0.717, 1.165) is 17.8 Å². The number of carbonyl (C=O) groups excluding carboxylic acids is 1. The molecule has 6 rings (SSSR count). The van der Waals surface area contributed by atoms with Crippen molar-refractivity contribution in [3.05, 3.63) is 58.7 Å². The van der Waals surface area contributed by atoms with E-state index in [1.165, 1.54) is 29.7 Å². The number of thiazole rings is 1. The van der Waals surface area contributed by atoms with Crippen LogP contribution in [0.15, 0.2) is 36.5 Å². The van der Waals surface area contributed by atoms with Crippen molar-refractivity contribution in [3.8, 4) is 17.3 Å². The van der Waals surface area contributed by atoms with Crippen LogP contribution in [0.3, 0.4) is 0 Å². The van der Waals surface area contributed by atoms with Gasteiger partial charge in [0.15, 0.2) is 10.9 Å². The first-order valence-corrected chi connectivity index (χ1v) is 14.4. The number of hydrogen-bond acceptors (Lipinski definition) is 8. The molecule has 0 radical (unpaired) electrons. The predicted molar refractivity (Wildman–Crippen MR) is 153 cm³/mol. The van der Waals surface area contributed by atoms with Gasteiger partial charge in [0.25, 0.3) is 0 Å². The van der Waals surface area contributed by atoms with Crippen LogP contribution in [-0.2, 0) is 16.0 Å². The maximum Gasteiger partial charge on any atom is 0.228 e. The van der Waals surface area contributed by atoms with Crippen molar-refractivity contribution in [1.29, 1.82) is 5.26 Å². The second kappa shape index (κ2) is 11.1. The van der Waals surface area contributed by atoms with E-state index in [1.807, 2.05) is 28.7 Å². The van der Waals surface area contributed by atoms with Crippen molar-refractivity contribution in [1.82, 2.24) is 19.5 Å². The molecule has 2 saturated heterocycles. The average molecular weight is 578 g/mol. The molecule has 5 heterocycles. The number of aryl methyl sites for hydroxylation is 1. The van der Waals surface area contributed by atoms with Gasteiger partial charge in [-0.05, 0) is 43.2 Å². The van der Waals surface area contributed by atoms with Gasteiger partial charge < -0.3 is 19.4 Å². The number of carbonyl (C=O) groups is 1. The minimum Gasteiger partial charge on any atom is -0.381 e. The molecule has 1 amide bonds. The van der Waals surface area contributed by atoms with Crippen molar-refractivity contribution >= 4 is 39.3 Å². The number of hydrogen-bond donors (Lipinski definition) is 0. The number of aromatic nitrogens is 3. The lowest BCUT2D eigenvalue weighted by atomic mass is 10.1. The van der Waals surface area contributed by atoms with E-state index in [4.69, 9.17) is 9.72 Å². The first kappa shape index (κ1) is 27.1. The van der Waals surface area contributed by atoms with Crippen LogP contribution in [0.1, 0.15) is 23.9 Å². The Hall–Kier alpha value is -4.08. The Bertz CT molecular complexity index is 1630. The van der Waals surface area contributed by atoms with Gasteiger partial charge in [-0.25, -0.2) is 18.3 Å². The van der Waals surface area contributed by atoms with E-state index < -0.39 is 0 Å². The molecule has 0 unspecified atom stereocenters. The summed E-state index contributed by atoms with van der Waals surface area (Å²) in [5.74, 6) is -0.716. The highest BCUT2D eigenvalue weighted by Gasteiger charge is 2.31. The lowest BCUT2D eigenvalue weighted by molar-refractivity contribution is -0.135. The fourth-order valence-electron chi connectivity index (χ4n) is 5.52. The SMILES string of the molecule is CCc1nn2cc(F)c(N3CCN(C(=O)[C@H]4CCOC4)CC3)cc2c1N(C)c1nc(-c2ccc(F)cc2)c(C#N)s1. The highest BCUT2D eigenvalue weighted by Crippen LogP contribution is 2.39. The Morgan fingerprint density at radius 3 is 2.63 bits per heavy atom. The Morgan fingerprint density at radius 2 is 1.98 bits per heavy atom. The van der Waals surface area contributed by atoms with Crippen LogP contribution in [0.4, 0.5) is 25.3 Å². The van der Waals surface area contributed by atoms with Gasteiger partial charge in [-0.2, -0.15) is 10.4 Å². The molecule has 1 atom stereocenters. The Labute approximate surface area is 240 Å². The first-order valence-electron chi connectivity index (χ1n) is 13.6. The Kier molecular flexibility index (Phi) is 7.32. The molecular formula is C29H29F2N7O2S. The minimum absolute atomic E-state index is 0.0806. The number of anilines is 3. The lowest BCUT2D eigenvalue weighted by Gasteiger charge is -2.37. The quantitative estimate of drug-likeness (QED) is 0.330. The van der Waals surface area contributed by atoms with E-state index in [2.05, 4.69) is 11.2 Å². The molecule has 4 aromatic rings. The molecule has 0 spiro atoms. The topological polar surface area (TPSA) is 90.0 Å². The minimum atomic E-state index is -0.388. The molecule has 212 valence electrons. The van der Waals surface area contributed by atoms with Crippen molar-refractivity contribution in [2.45, 2.75) is 19.8 Å². The zero-order valence-corrected chi connectivity index (χ0v) is 23.6. The molecule has 3 aromatic heterocycles. The van der Waals surface area contributed by atoms with Crippen LogP contribution < -0.4 is 9.80 Å². The Balaban J connectivity index is 1.31. The fourth-order valence-corrected chi connectivity index (χ4v) is 6.37. The summed E-state index contributed by atoms with van der Waals surface area (Å²) < 4.78 is 35.8. The molecule has 0 N–H and O–H groups in total. The number of rotatable bonds is 6. The number of amides is 1. The summed E-state index contributed by atoms with van der Waals surface area (Å²) >= 11 is 1.23. The Morgan fingerprint density at radius 1 is 1.22 bits per heavy atom. The lowest BCUT2D eigenvalue weighted by Crippen LogP contribution is -2.50. The van der Waals surface area contributed by atoms with Crippen LogP contribution >= 0.6 is 11.3 Å². The highest BCUT2D eigenvalue weighted by atomic mass is 32.1. The van der Waals surface area contributed by atoms with E-state index in [1.54, 1.807) is 22.7 Å². The van der Waals surface area contributed by atoms with Crippen molar-refractivity contribution in [2.24, 2.45) is 5.92 Å².